The first-order chi connectivity index (χ1) is 8.00. The van der Waals surface area contributed by atoms with Gasteiger partial charge in [-0.1, -0.05) is 6.92 Å². The Morgan fingerprint density at radius 1 is 1.29 bits per heavy atom. The number of fused-ring (bicyclic) bond motifs is 1. The highest BCUT2D eigenvalue weighted by atomic mass is 16.4. The third-order valence-corrected chi connectivity index (χ3v) is 4.30. The summed E-state index contributed by atoms with van der Waals surface area (Å²) in [6.07, 6.45) is 2.48. The molecule has 2 fully saturated rings. The number of carbonyl (C=O) groups excluding carboxylic acids is 2. The first kappa shape index (κ1) is 12.3. The third kappa shape index (κ3) is 2.26. The summed E-state index contributed by atoms with van der Waals surface area (Å²) < 4.78 is 0. The number of hydrogen-bond acceptors (Lipinski definition) is 3. The second kappa shape index (κ2) is 4.59. The van der Waals surface area contributed by atoms with Crippen LogP contribution in [0.5, 0.6) is 0 Å². The molecule has 4 heteroatoms. The number of ketones is 2. The summed E-state index contributed by atoms with van der Waals surface area (Å²) in [5, 5.41) is 8.82. The first-order valence-corrected chi connectivity index (χ1v) is 6.28. The highest BCUT2D eigenvalue weighted by Gasteiger charge is 2.47. The summed E-state index contributed by atoms with van der Waals surface area (Å²) in [5.41, 5.74) is 0. The van der Waals surface area contributed by atoms with Crippen molar-refractivity contribution in [2.45, 2.75) is 39.0 Å². The van der Waals surface area contributed by atoms with Crippen LogP contribution in [0.15, 0.2) is 0 Å². The molecule has 17 heavy (non-hydrogen) atoms. The molecule has 0 amide bonds. The Hall–Kier alpha value is -1.19. The van der Waals surface area contributed by atoms with Crippen molar-refractivity contribution in [2.75, 3.05) is 0 Å². The van der Waals surface area contributed by atoms with Crippen LogP contribution in [-0.2, 0) is 14.4 Å². The molecule has 0 aromatic carbocycles. The smallest absolute Gasteiger partial charge is 0.303 e. The predicted octanol–water partition coefficient (Wildman–Crippen LogP) is 1.67. The van der Waals surface area contributed by atoms with Gasteiger partial charge in [-0.25, -0.2) is 0 Å². The van der Waals surface area contributed by atoms with E-state index in [4.69, 9.17) is 5.11 Å². The van der Waals surface area contributed by atoms with Crippen LogP contribution in [0.2, 0.25) is 0 Å². The van der Waals surface area contributed by atoms with Gasteiger partial charge in [0.1, 0.15) is 11.6 Å². The van der Waals surface area contributed by atoms with E-state index in [9.17, 15) is 14.4 Å². The lowest BCUT2D eigenvalue weighted by molar-refractivity contribution is -0.140. The fraction of sp³-hybridized carbons (Fsp3) is 0.769. The second-order valence-corrected chi connectivity index (χ2v) is 5.38. The Labute approximate surface area is 100 Å². The molecule has 4 atom stereocenters. The van der Waals surface area contributed by atoms with E-state index in [1.165, 1.54) is 0 Å². The van der Waals surface area contributed by atoms with Gasteiger partial charge >= 0.3 is 5.97 Å². The molecule has 0 spiro atoms. The van der Waals surface area contributed by atoms with Gasteiger partial charge in [-0.3, -0.25) is 14.4 Å². The summed E-state index contributed by atoms with van der Waals surface area (Å²) in [6, 6.07) is 0. The summed E-state index contributed by atoms with van der Waals surface area (Å²) in [6.45, 7) is 1.82. The number of carboxylic acids is 1. The largest absolute Gasteiger partial charge is 0.481 e. The minimum atomic E-state index is -0.864. The minimum Gasteiger partial charge on any atom is -0.481 e. The van der Waals surface area contributed by atoms with Gasteiger partial charge in [-0.2, -0.15) is 0 Å². The highest BCUT2D eigenvalue weighted by molar-refractivity contribution is 5.90. The Morgan fingerprint density at radius 3 is 2.59 bits per heavy atom. The van der Waals surface area contributed by atoms with E-state index in [1.807, 2.05) is 6.92 Å². The molecule has 0 heterocycles. The topological polar surface area (TPSA) is 71.4 Å². The van der Waals surface area contributed by atoms with Crippen LogP contribution in [0.3, 0.4) is 0 Å². The van der Waals surface area contributed by atoms with Crippen molar-refractivity contribution < 1.29 is 19.5 Å². The molecule has 2 saturated carbocycles. The van der Waals surface area contributed by atoms with Gasteiger partial charge in [-0.05, 0) is 24.7 Å². The Kier molecular flexibility index (Phi) is 3.31. The van der Waals surface area contributed by atoms with Crippen LogP contribution in [0.25, 0.3) is 0 Å². The maximum Gasteiger partial charge on any atom is 0.303 e. The minimum absolute atomic E-state index is 0.0216. The number of hydrogen-bond donors (Lipinski definition) is 1. The van der Waals surface area contributed by atoms with Crippen molar-refractivity contribution in [3.8, 4) is 0 Å². The summed E-state index contributed by atoms with van der Waals surface area (Å²) in [4.78, 5) is 34.4. The van der Waals surface area contributed by atoms with Crippen molar-refractivity contribution in [3.05, 3.63) is 0 Å². The van der Waals surface area contributed by atoms with Crippen LogP contribution in [0.1, 0.15) is 39.0 Å². The zero-order valence-electron chi connectivity index (χ0n) is 10.0. The lowest BCUT2D eigenvalue weighted by Crippen LogP contribution is -2.38. The van der Waals surface area contributed by atoms with E-state index in [0.29, 0.717) is 19.3 Å². The third-order valence-electron chi connectivity index (χ3n) is 4.30. The molecule has 0 aromatic heterocycles. The quantitative estimate of drug-likeness (QED) is 0.811. The molecular formula is C13H18O4. The van der Waals surface area contributed by atoms with Gasteiger partial charge in [0.25, 0.3) is 0 Å². The number of carboxylic acid groups (broad SMARTS) is 1. The molecule has 0 radical (unpaired) electrons. The molecule has 2 aliphatic rings. The summed E-state index contributed by atoms with van der Waals surface area (Å²) >= 11 is 0. The lowest BCUT2D eigenvalue weighted by atomic mass is 9.67. The van der Waals surface area contributed by atoms with Crippen LogP contribution >= 0.6 is 0 Å². The lowest BCUT2D eigenvalue weighted by Gasteiger charge is -2.35. The second-order valence-electron chi connectivity index (χ2n) is 5.38. The molecule has 0 aromatic rings. The average Bonchev–Trinajstić information content (AvgIpc) is 2.59. The molecule has 1 N–H and O–H groups in total. The molecule has 0 aliphatic heterocycles. The number of aliphatic carboxylic acids is 1. The van der Waals surface area contributed by atoms with Gasteiger partial charge in [0.05, 0.1) is 0 Å². The predicted molar refractivity (Wildman–Crippen MR) is 60.4 cm³/mol. The van der Waals surface area contributed by atoms with Crippen LogP contribution in [-0.4, -0.2) is 22.6 Å². The van der Waals surface area contributed by atoms with Gasteiger partial charge in [-0.15, -0.1) is 0 Å². The monoisotopic (exact) mass is 238 g/mol. The normalized spacial score (nSPS) is 34.5. The highest BCUT2D eigenvalue weighted by Crippen LogP contribution is 2.45. The molecule has 0 bridgehead atoms. The number of carbonyl (C=O) groups is 3. The van der Waals surface area contributed by atoms with Crippen molar-refractivity contribution in [1.29, 1.82) is 0 Å². The summed E-state index contributed by atoms with van der Waals surface area (Å²) in [5.74, 6) is -0.663. The molecule has 2 rings (SSSR count). The maximum atomic E-state index is 12.0. The molecule has 2 unspecified atom stereocenters. The van der Waals surface area contributed by atoms with Crippen LogP contribution in [0.4, 0.5) is 0 Å². The SMILES string of the molecule is CC(CC(=O)O)[C@@H]1C(=O)CCC2C(=O)CC[C@H]21. The zero-order valence-corrected chi connectivity index (χ0v) is 10.0. The van der Waals surface area contributed by atoms with Crippen molar-refractivity contribution in [3.63, 3.8) is 0 Å². The maximum absolute atomic E-state index is 12.0. The van der Waals surface area contributed by atoms with Gasteiger partial charge < -0.3 is 5.11 Å². The molecule has 4 nitrogen and oxygen atoms in total. The Morgan fingerprint density at radius 2 is 1.94 bits per heavy atom. The van der Waals surface area contributed by atoms with E-state index in [1.54, 1.807) is 0 Å². The van der Waals surface area contributed by atoms with E-state index < -0.39 is 5.97 Å². The number of rotatable bonds is 3. The zero-order chi connectivity index (χ0) is 12.6. The summed E-state index contributed by atoms with van der Waals surface area (Å²) in [7, 11) is 0. The van der Waals surface area contributed by atoms with Crippen molar-refractivity contribution >= 4 is 17.5 Å². The average molecular weight is 238 g/mol. The molecule has 2 aliphatic carbocycles. The Balaban J connectivity index is 2.15. The molecule has 94 valence electrons. The first-order valence-electron chi connectivity index (χ1n) is 6.28. The molecule has 0 saturated heterocycles. The van der Waals surface area contributed by atoms with Crippen LogP contribution in [0, 0.1) is 23.7 Å². The van der Waals surface area contributed by atoms with E-state index in [0.717, 1.165) is 6.42 Å². The fourth-order valence-electron chi connectivity index (χ4n) is 3.58. The number of Topliss-reactive ketones (excluding diaryl/α,β-unsaturated/α-hetero) is 2. The molecular weight excluding hydrogens is 220 g/mol. The van der Waals surface area contributed by atoms with E-state index in [2.05, 4.69) is 0 Å². The van der Waals surface area contributed by atoms with Crippen LogP contribution < -0.4 is 0 Å². The van der Waals surface area contributed by atoms with Gasteiger partial charge in [0.15, 0.2) is 0 Å². The fourth-order valence-corrected chi connectivity index (χ4v) is 3.58. The Bertz CT molecular complexity index is 360. The van der Waals surface area contributed by atoms with Crippen molar-refractivity contribution in [2.24, 2.45) is 23.7 Å². The van der Waals surface area contributed by atoms with Crippen molar-refractivity contribution in [1.82, 2.24) is 0 Å². The van der Waals surface area contributed by atoms with E-state index >= 15 is 0 Å². The van der Waals surface area contributed by atoms with Gasteiger partial charge in [0.2, 0.25) is 0 Å². The standard InChI is InChI=1S/C13H18O4/c1-7(6-12(16)17)13-9-3-4-10(14)8(9)2-5-11(13)15/h7-9,13H,2-6H2,1H3,(H,16,17)/t7?,8?,9-,13+/m1/s1. The van der Waals surface area contributed by atoms with Gasteiger partial charge in [0, 0.05) is 31.1 Å². The van der Waals surface area contributed by atoms with E-state index in [-0.39, 0.29) is 41.7 Å².